The number of hydrogen-bond acceptors (Lipinski definition) is 8. The van der Waals surface area contributed by atoms with Crippen LogP contribution in [0.2, 0.25) is 0 Å². The number of rotatable bonds is 6. The van der Waals surface area contributed by atoms with Crippen LogP contribution in [0.15, 0.2) is 57.4 Å². The van der Waals surface area contributed by atoms with Crippen LogP contribution >= 0.6 is 23.1 Å². The van der Waals surface area contributed by atoms with Crippen LogP contribution in [0, 0.1) is 11.6 Å². The molecule has 2 heterocycles. The summed E-state index contributed by atoms with van der Waals surface area (Å²) in [5.74, 6) is 0.617. The van der Waals surface area contributed by atoms with Gasteiger partial charge in [-0.3, -0.25) is 0 Å². The van der Waals surface area contributed by atoms with E-state index in [4.69, 9.17) is 4.52 Å². The highest BCUT2D eigenvalue weighted by molar-refractivity contribution is 8.00. The molecule has 27 heavy (non-hydrogen) atoms. The van der Waals surface area contributed by atoms with E-state index >= 15 is 0 Å². The fourth-order valence-corrected chi connectivity index (χ4v) is 3.77. The van der Waals surface area contributed by atoms with Crippen molar-refractivity contribution in [2.24, 2.45) is 0 Å². The molecule has 0 aliphatic heterocycles. The van der Waals surface area contributed by atoms with Gasteiger partial charge in [-0.2, -0.15) is 4.98 Å². The van der Waals surface area contributed by atoms with E-state index < -0.39 is 0 Å². The number of benzene rings is 2. The molecule has 0 fully saturated rings. The Morgan fingerprint density at radius 3 is 2.70 bits per heavy atom. The van der Waals surface area contributed by atoms with Crippen molar-refractivity contribution in [2.45, 2.75) is 10.1 Å². The number of anilines is 2. The summed E-state index contributed by atoms with van der Waals surface area (Å²) in [4.78, 5) is 4.29. The average Bonchev–Trinajstić information content (AvgIpc) is 3.30. The Hall–Kier alpha value is -2.85. The maximum atomic E-state index is 13.2. The van der Waals surface area contributed by atoms with E-state index in [2.05, 4.69) is 25.7 Å². The topological polar surface area (TPSA) is 76.7 Å². The molecule has 0 amide bonds. The first-order valence-electron chi connectivity index (χ1n) is 7.73. The molecule has 2 aromatic heterocycles. The molecule has 4 rings (SSSR count). The molecule has 0 atom stereocenters. The molecule has 0 radical (unpaired) electrons. The first-order chi connectivity index (χ1) is 13.2. The summed E-state index contributed by atoms with van der Waals surface area (Å²) in [5, 5.41) is 15.6. The van der Waals surface area contributed by atoms with Crippen molar-refractivity contribution in [1.82, 2.24) is 20.3 Å². The summed E-state index contributed by atoms with van der Waals surface area (Å²) in [5.41, 5.74) is 1.25. The summed E-state index contributed by atoms with van der Waals surface area (Å²) in [6.07, 6.45) is 0. The summed E-state index contributed by atoms with van der Waals surface area (Å²) in [6, 6.07) is 11.9. The Morgan fingerprint density at radius 1 is 1.04 bits per heavy atom. The van der Waals surface area contributed by atoms with E-state index in [1.165, 1.54) is 47.4 Å². The molecule has 0 spiro atoms. The van der Waals surface area contributed by atoms with Crippen molar-refractivity contribution in [1.29, 1.82) is 0 Å². The van der Waals surface area contributed by atoms with Crippen molar-refractivity contribution in [3.05, 3.63) is 66.0 Å². The highest BCUT2D eigenvalue weighted by Crippen LogP contribution is 2.30. The van der Waals surface area contributed by atoms with Gasteiger partial charge in [0.1, 0.15) is 11.6 Å². The standard InChI is InChI=1S/C17H11F2N5OS2/c18-11-6-4-10(5-7-11)15-21-14(24-25-15)9-26-17-23-22-16(27-17)20-13-3-1-2-12(19)8-13/h1-8H,9H2,(H,20,22). The molecule has 0 bridgehead atoms. The predicted molar refractivity (Wildman–Crippen MR) is 98.8 cm³/mol. The molecule has 0 aliphatic carbocycles. The molecule has 1 N–H and O–H groups in total. The third-order valence-electron chi connectivity index (χ3n) is 3.37. The SMILES string of the molecule is Fc1ccc(-c2nc(CSc3nnc(Nc4cccc(F)c4)s3)no2)cc1. The zero-order valence-electron chi connectivity index (χ0n) is 13.6. The second-order valence-corrected chi connectivity index (χ2v) is 7.52. The van der Waals surface area contributed by atoms with E-state index in [0.29, 0.717) is 38.2 Å². The Morgan fingerprint density at radius 2 is 1.89 bits per heavy atom. The molecule has 0 aliphatic rings. The Labute approximate surface area is 160 Å². The average molecular weight is 403 g/mol. The number of thioether (sulfide) groups is 1. The van der Waals surface area contributed by atoms with E-state index in [-0.39, 0.29) is 11.6 Å². The molecule has 0 unspecified atom stereocenters. The number of nitrogens with one attached hydrogen (secondary N) is 1. The van der Waals surface area contributed by atoms with Crippen LogP contribution in [-0.2, 0) is 5.75 Å². The van der Waals surface area contributed by atoms with Gasteiger partial charge in [0.05, 0.1) is 5.75 Å². The maximum Gasteiger partial charge on any atom is 0.257 e. The molecule has 10 heteroatoms. The fraction of sp³-hybridized carbons (Fsp3) is 0.0588. The molecule has 0 saturated carbocycles. The minimum Gasteiger partial charge on any atom is -0.334 e. The fourth-order valence-electron chi connectivity index (χ4n) is 2.16. The van der Waals surface area contributed by atoms with Crippen LogP contribution in [-0.4, -0.2) is 20.3 Å². The van der Waals surface area contributed by atoms with Crippen molar-refractivity contribution >= 4 is 33.9 Å². The lowest BCUT2D eigenvalue weighted by Gasteiger charge is -2.00. The maximum absolute atomic E-state index is 13.2. The van der Waals surface area contributed by atoms with Crippen molar-refractivity contribution in [3.8, 4) is 11.5 Å². The minimum atomic E-state index is -0.326. The summed E-state index contributed by atoms with van der Waals surface area (Å²) in [7, 11) is 0. The molecular weight excluding hydrogens is 392 g/mol. The lowest BCUT2D eigenvalue weighted by Crippen LogP contribution is -1.89. The van der Waals surface area contributed by atoms with E-state index in [9.17, 15) is 8.78 Å². The van der Waals surface area contributed by atoms with Crippen molar-refractivity contribution < 1.29 is 13.3 Å². The predicted octanol–water partition coefficient (Wildman–Crippen LogP) is 4.90. The number of hydrogen-bond donors (Lipinski definition) is 1. The normalized spacial score (nSPS) is 10.9. The zero-order chi connectivity index (χ0) is 18.6. The Bertz CT molecular complexity index is 1050. The van der Waals surface area contributed by atoms with Gasteiger partial charge in [0, 0.05) is 11.3 Å². The number of halogens is 2. The van der Waals surface area contributed by atoms with Gasteiger partial charge in [0.25, 0.3) is 5.89 Å². The highest BCUT2D eigenvalue weighted by atomic mass is 32.2. The first kappa shape index (κ1) is 17.6. The third-order valence-corrected chi connectivity index (χ3v) is 5.33. The lowest BCUT2D eigenvalue weighted by molar-refractivity contribution is 0.425. The van der Waals surface area contributed by atoms with Gasteiger partial charge in [0.2, 0.25) is 5.13 Å². The molecule has 4 aromatic rings. The van der Waals surface area contributed by atoms with Gasteiger partial charge in [-0.25, -0.2) is 8.78 Å². The molecule has 0 saturated heterocycles. The quantitative estimate of drug-likeness (QED) is 0.459. The molecule has 6 nitrogen and oxygen atoms in total. The summed E-state index contributed by atoms with van der Waals surface area (Å²) in [6.45, 7) is 0. The van der Waals surface area contributed by atoms with Crippen LogP contribution in [0.1, 0.15) is 5.82 Å². The van der Waals surface area contributed by atoms with Gasteiger partial charge in [-0.15, -0.1) is 10.2 Å². The monoisotopic (exact) mass is 403 g/mol. The van der Waals surface area contributed by atoms with E-state index in [1.807, 2.05) is 0 Å². The van der Waals surface area contributed by atoms with Gasteiger partial charge in [-0.05, 0) is 42.5 Å². The highest BCUT2D eigenvalue weighted by Gasteiger charge is 2.11. The van der Waals surface area contributed by atoms with Gasteiger partial charge < -0.3 is 9.84 Å². The van der Waals surface area contributed by atoms with Crippen molar-refractivity contribution in [3.63, 3.8) is 0 Å². The van der Waals surface area contributed by atoms with Gasteiger partial charge >= 0.3 is 0 Å². The third kappa shape index (κ3) is 4.47. The van der Waals surface area contributed by atoms with Crippen LogP contribution in [0.3, 0.4) is 0 Å². The first-order valence-corrected chi connectivity index (χ1v) is 9.53. The van der Waals surface area contributed by atoms with Crippen LogP contribution < -0.4 is 5.32 Å². The summed E-state index contributed by atoms with van der Waals surface area (Å²) < 4.78 is 32.1. The van der Waals surface area contributed by atoms with Gasteiger partial charge in [0.15, 0.2) is 10.2 Å². The van der Waals surface area contributed by atoms with Crippen LogP contribution in [0.25, 0.3) is 11.5 Å². The Kier molecular flexibility index (Phi) is 5.07. The number of aromatic nitrogens is 4. The second-order valence-electron chi connectivity index (χ2n) is 5.32. The second kappa shape index (κ2) is 7.80. The number of nitrogens with zero attached hydrogens (tertiary/aromatic N) is 4. The van der Waals surface area contributed by atoms with E-state index in [1.54, 1.807) is 24.3 Å². The molecular formula is C17H11F2N5OS2. The summed E-state index contributed by atoms with van der Waals surface area (Å²) >= 11 is 2.74. The lowest BCUT2D eigenvalue weighted by atomic mass is 10.2. The molecule has 136 valence electrons. The molecule has 2 aromatic carbocycles. The minimum absolute atomic E-state index is 0.326. The largest absolute Gasteiger partial charge is 0.334 e. The smallest absolute Gasteiger partial charge is 0.257 e. The van der Waals surface area contributed by atoms with Crippen molar-refractivity contribution in [2.75, 3.05) is 5.32 Å². The zero-order valence-corrected chi connectivity index (χ0v) is 15.2. The van der Waals surface area contributed by atoms with E-state index in [0.717, 1.165) is 0 Å². The van der Waals surface area contributed by atoms with Gasteiger partial charge in [-0.1, -0.05) is 34.3 Å². The van der Waals surface area contributed by atoms with Crippen LogP contribution in [0.5, 0.6) is 0 Å². The van der Waals surface area contributed by atoms with Crippen LogP contribution in [0.4, 0.5) is 19.6 Å². The Balaban J connectivity index is 1.37.